The van der Waals surface area contributed by atoms with E-state index in [4.69, 9.17) is 0 Å². The lowest BCUT2D eigenvalue weighted by Crippen LogP contribution is -2.59. The number of aliphatic hydroxyl groups is 4. The van der Waals surface area contributed by atoms with E-state index in [9.17, 15) is 30.0 Å². The SMILES string of the molecule is CC1(C)C(=O)C[C@H]2[C@](C)(O)[C@@H]3CC[C@@H]4[C@@H](O)[C@@]3(CC(=O)[C@@]21O)C[C@@]4(C)O. The summed E-state index contributed by atoms with van der Waals surface area (Å²) in [6.45, 7) is 6.42. The minimum Gasteiger partial charge on any atom is -0.392 e. The number of aliphatic hydroxyl groups excluding tert-OH is 1. The molecular weight excluding hydrogens is 336 g/mol. The van der Waals surface area contributed by atoms with Crippen LogP contribution in [0.5, 0.6) is 0 Å². The van der Waals surface area contributed by atoms with Gasteiger partial charge in [-0.3, -0.25) is 9.59 Å². The van der Waals surface area contributed by atoms with Gasteiger partial charge in [0.05, 0.1) is 22.7 Å². The number of rotatable bonds is 0. The summed E-state index contributed by atoms with van der Waals surface area (Å²) in [5.41, 5.74) is -6.81. The molecule has 4 aliphatic carbocycles. The molecule has 0 aromatic carbocycles. The van der Waals surface area contributed by atoms with Crippen LogP contribution in [-0.4, -0.2) is 54.9 Å². The van der Waals surface area contributed by atoms with Gasteiger partial charge in [-0.05, 0) is 52.9 Å². The molecule has 2 bridgehead atoms. The molecule has 4 N–H and O–H groups in total. The van der Waals surface area contributed by atoms with Crippen molar-refractivity contribution in [2.24, 2.45) is 28.6 Å². The third kappa shape index (κ3) is 1.77. The van der Waals surface area contributed by atoms with Crippen LogP contribution in [-0.2, 0) is 9.59 Å². The molecule has 8 atom stereocenters. The molecule has 4 fully saturated rings. The summed E-state index contributed by atoms with van der Waals surface area (Å²) in [6.07, 6.45) is 0.242. The molecule has 4 saturated carbocycles. The van der Waals surface area contributed by atoms with Gasteiger partial charge in [-0.1, -0.05) is 0 Å². The first kappa shape index (κ1) is 18.5. The van der Waals surface area contributed by atoms with Crippen molar-refractivity contribution >= 4 is 11.6 Å². The van der Waals surface area contributed by atoms with Crippen molar-refractivity contribution in [3.05, 3.63) is 0 Å². The molecule has 6 nitrogen and oxygen atoms in total. The summed E-state index contributed by atoms with van der Waals surface area (Å²) < 4.78 is 0. The highest BCUT2D eigenvalue weighted by molar-refractivity contribution is 6.01. The van der Waals surface area contributed by atoms with Crippen molar-refractivity contribution in [1.82, 2.24) is 0 Å². The molecule has 0 saturated heterocycles. The van der Waals surface area contributed by atoms with E-state index in [-0.39, 0.29) is 31.0 Å². The van der Waals surface area contributed by atoms with Crippen LogP contribution in [0.15, 0.2) is 0 Å². The zero-order chi connectivity index (χ0) is 19.5. The highest BCUT2D eigenvalue weighted by Crippen LogP contribution is 2.68. The molecule has 146 valence electrons. The van der Waals surface area contributed by atoms with Crippen molar-refractivity contribution in [3.8, 4) is 0 Å². The van der Waals surface area contributed by atoms with Crippen molar-refractivity contribution in [2.75, 3.05) is 0 Å². The van der Waals surface area contributed by atoms with Crippen LogP contribution in [0.3, 0.4) is 0 Å². The third-order valence-corrected chi connectivity index (χ3v) is 8.79. The van der Waals surface area contributed by atoms with Crippen molar-refractivity contribution in [3.63, 3.8) is 0 Å². The molecule has 0 heterocycles. The lowest BCUT2D eigenvalue weighted by Gasteiger charge is -2.50. The van der Waals surface area contributed by atoms with E-state index in [1.54, 1.807) is 27.7 Å². The van der Waals surface area contributed by atoms with Crippen LogP contribution in [0.25, 0.3) is 0 Å². The van der Waals surface area contributed by atoms with Crippen LogP contribution in [0, 0.1) is 28.6 Å². The molecule has 6 heteroatoms. The van der Waals surface area contributed by atoms with Crippen molar-refractivity contribution in [2.45, 2.75) is 82.7 Å². The Morgan fingerprint density at radius 1 is 0.923 bits per heavy atom. The summed E-state index contributed by atoms with van der Waals surface area (Å²) in [5, 5.41) is 45.0. The van der Waals surface area contributed by atoms with Gasteiger partial charge in [0, 0.05) is 30.1 Å². The van der Waals surface area contributed by atoms with Gasteiger partial charge in [0.25, 0.3) is 0 Å². The molecule has 4 aliphatic rings. The van der Waals surface area contributed by atoms with Crippen LogP contribution < -0.4 is 0 Å². The Morgan fingerprint density at radius 3 is 2.15 bits per heavy atom. The van der Waals surface area contributed by atoms with Gasteiger partial charge in [-0.2, -0.15) is 0 Å². The molecule has 4 rings (SSSR count). The lowest BCUT2D eigenvalue weighted by molar-refractivity contribution is -0.180. The molecule has 0 aromatic rings. The van der Waals surface area contributed by atoms with Gasteiger partial charge in [-0.25, -0.2) is 0 Å². The number of hydrogen-bond acceptors (Lipinski definition) is 6. The summed E-state index contributed by atoms with van der Waals surface area (Å²) in [6, 6.07) is 0. The fourth-order valence-corrected chi connectivity index (χ4v) is 7.32. The summed E-state index contributed by atoms with van der Waals surface area (Å²) in [5.74, 6) is -2.41. The fourth-order valence-electron chi connectivity index (χ4n) is 7.32. The third-order valence-electron chi connectivity index (χ3n) is 8.79. The number of ketones is 2. The number of carbonyl (C=O) groups excluding carboxylic acids is 2. The quantitative estimate of drug-likeness (QED) is 0.499. The van der Waals surface area contributed by atoms with E-state index in [2.05, 4.69) is 0 Å². The fraction of sp³-hybridized carbons (Fsp3) is 0.900. The Kier molecular flexibility index (Phi) is 3.40. The topological polar surface area (TPSA) is 115 Å². The van der Waals surface area contributed by atoms with E-state index in [1.807, 2.05) is 0 Å². The predicted molar refractivity (Wildman–Crippen MR) is 92.0 cm³/mol. The standard InChI is InChI=1S/C20H30O6/c1-16(2)13(21)7-12-18(4,25)11-6-5-10-15(23)19(11,9-17(10,3)24)8-14(22)20(12,16)26/h10-12,15,23-26H,5-9H2,1-4H3/t10-,11+,12+,15-,17-,18-,19+,20+/m1/s1. The lowest BCUT2D eigenvalue weighted by atomic mass is 9.57. The summed E-state index contributed by atoms with van der Waals surface area (Å²) in [7, 11) is 0. The molecular formula is C20H30O6. The smallest absolute Gasteiger partial charge is 0.166 e. The van der Waals surface area contributed by atoms with E-state index < -0.39 is 51.4 Å². The average Bonchev–Trinajstić information content (AvgIpc) is 2.72. The van der Waals surface area contributed by atoms with Crippen LogP contribution in [0.4, 0.5) is 0 Å². The van der Waals surface area contributed by atoms with E-state index in [1.165, 1.54) is 0 Å². The molecule has 0 radical (unpaired) electrons. The van der Waals surface area contributed by atoms with Crippen LogP contribution >= 0.6 is 0 Å². The van der Waals surface area contributed by atoms with Gasteiger partial charge < -0.3 is 20.4 Å². The molecule has 0 aliphatic heterocycles. The molecule has 1 spiro atoms. The zero-order valence-electron chi connectivity index (χ0n) is 16.0. The maximum atomic E-state index is 13.4. The highest BCUT2D eigenvalue weighted by atomic mass is 16.3. The summed E-state index contributed by atoms with van der Waals surface area (Å²) >= 11 is 0. The van der Waals surface area contributed by atoms with Crippen molar-refractivity contribution in [1.29, 1.82) is 0 Å². The van der Waals surface area contributed by atoms with Gasteiger partial charge >= 0.3 is 0 Å². The van der Waals surface area contributed by atoms with Crippen molar-refractivity contribution < 1.29 is 30.0 Å². The first-order valence-electron chi connectivity index (χ1n) is 9.65. The van der Waals surface area contributed by atoms with E-state index in [0.29, 0.717) is 12.8 Å². The number of hydrogen-bond donors (Lipinski definition) is 4. The minimum atomic E-state index is -1.96. The van der Waals surface area contributed by atoms with E-state index in [0.717, 1.165) is 0 Å². The Balaban J connectivity index is 1.92. The van der Waals surface area contributed by atoms with Gasteiger partial charge in [-0.15, -0.1) is 0 Å². The monoisotopic (exact) mass is 366 g/mol. The summed E-state index contributed by atoms with van der Waals surface area (Å²) in [4.78, 5) is 25.9. The second-order valence-electron chi connectivity index (χ2n) is 10.3. The molecule has 0 unspecified atom stereocenters. The van der Waals surface area contributed by atoms with Gasteiger partial charge in [0.2, 0.25) is 0 Å². The van der Waals surface area contributed by atoms with E-state index >= 15 is 0 Å². The van der Waals surface area contributed by atoms with Gasteiger partial charge in [0.15, 0.2) is 5.78 Å². The number of fused-ring (bicyclic) bond motifs is 2. The first-order chi connectivity index (χ1) is 11.7. The second-order valence-corrected chi connectivity index (χ2v) is 10.3. The largest absolute Gasteiger partial charge is 0.392 e. The second kappa shape index (κ2) is 4.77. The Labute approximate surface area is 153 Å². The number of Topliss-reactive ketones (excluding diaryl/α,β-unsaturated/α-hetero) is 2. The normalized spacial score (nSPS) is 58.3. The minimum absolute atomic E-state index is 0.0509. The first-order valence-corrected chi connectivity index (χ1v) is 9.65. The van der Waals surface area contributed by atoms with Crippen LogP contribution in [0.2, 0.25) is 0 Å². The Morgan fingerprint density at radius 2 is 1.54 bits per heavy atom. The average molecular weight is 366 g/mol. The molecule has 0 amide bonds. The highest BCUT2D eigenvalue weighted by Gasteiger charge is 2.76. The number of carbonyl (C=O) groups is 2. The molecule has 0 aromatic heterocycles. The Hall–Kier alpha value is -0.820. The molecule has 26 heavy (non-hydrogen) atoms. The Bertz CT molecular complexity index is 694. The van der Waals surface area contributed by atoms with Gasteiger partial charge in [0.1, 0.15) is 11.4 Å². The maximum Gasteiger partial charge on any atom is 0.166 e. The predicted octanol–water partition coefficient (Wildman–Crippen LogP) is 0.585. The zero-order valence-corrected chi connectivity index (χ0v) is 16.0. The maximum absolute atomic E-state index is 13.4. The van der Waals surface area contributed by atoms with Crippen LogP contribution in [0.1, 0.15) is 59.8 Å².